The highest BCUT2D eigenvalue weighted by atomic mass is 16.6. The highest BCUT2D eigenvalue weighted by Crippen LogP contribution is 1.97. The maximum absolute atomic E-state index is 11.0. The lowest BCUT2D eigenvalue weighted by Crippen LogP contribution is -2.50. The van der Waals surface area contributed by atoms with Crippen molar-refractivity contribution in [1.82, 2.24) is 10.6 Å². The van der Waals surface area contributed by atoms with E-state index in [1.807, 2.05) is 0 Å². The minimum Gasteiger partial charge on any atom is -0.444 e. The molecular weight excluding hydrogens is 156 g/mol. The molecule has 0 spiro atoms. The second-order valence-corrected chi connectivity index (χ2v) is 2.97. The van der Waals surface area contributed by atoms with Crippen LogP contribution in [-0.2, 0) is 4.74 Å². The number of nitrogens with one attached hydrogen (secondary N) is 2. The number of alkyl carbamates (subject to hydrolysis) is 1. The standard InChI is InChI=1S/C8H16N2O2/c1-2-3-4-10-8(11)12-7-5-9-6-7/h7,9H,2-6H2,1H3,(H,10,11). The van der Waals surface area contributed by atoms with Crippen LogP contribution in [0.2, 0.25) is 0 Å². The van der Waals surface area contributed by atoms with Gasteiger partial charge in [-0.3, -0.25) is 0 Å². The van der Waals surface area contributed by atoms with E-state index in [9.17, 15) is 4.79 Å². The Morgan fingerprint density at radius 3 is 2.92 bits per heavy atom. The van der Waals surface area contributed by atoms with Gasteiger partial charge in [-0.05, 0) is 6.42 Å². The normalized spacial score (nSPS) is 16.8. The molecule has 4 heteroatoms. The minimum atomic E-state index is -0.282. The maximum atomic E-state index is 11.0. The number of amides is 1. The Morgan fingerprint density at radius 1 is 1.67 bits per heavy atom. The quantitative estimate of drug-likeness (QED) is 0.606. The summed E-state index contributed by atoms with van der Waals surface area (Å²) in [4.78, 5) is 11.0. The van der Waals surface area contributed by atoms with Crippen molar-refractivity contribution in [2.45, 2.75) is 25.9 Å². The summed E-state index contributed by atoms with van der Waals surface area (Å²) in [6.45, 7) is 4.39. The molecule has 0 unspecified atom stereocenters. The summed E-state index contributed by atoms with van der Waals surface area (Å²) in [5, 5.41) is 5.72. The Labute approximate surface area is 72.7 Å². The Morgan fingerprint density at radius 2 is 2.42 bits per heavy atom. The zero-order valence-electron chi connectivity index (χ0n) is 7.43. The molecule has 0 radical (unpaired) electrons. The average Bonchev–Trinajstić information content (AvgIpc) is 1.98. The second kappa shape index (κ2) is 4.98. The monoisotopic (exact) mass is 172 g/mol. The van der Waals surface area contributed by atoms with E-state index < -0.39 is 0 Å². The predicted octanol–water partition coefficient (Wildman–Crippen LogP) is 0.484. The first-order valence-corrected chi connectivity index (χ1v) is 4.48. The fourth-order valence-corrected chi connectivity index (χ4v) is 0.906. The Bertz CT molecular complexity index is 146. The van der Waals surface area contributed by atoms with Gasteiger partial charge in [-0.15, -0.1) is 0 Å². The molecule has 4 nitrogen and oxygen atoms in total. The van der Waals surface area contributed by atoms with E-state index >= 15 is 0 Å². The molecule has 0 saturated carbocycles. The molecule has 12 heavy (non-hydrogen) atoms. The van der Waals surface area contributed by atoms with Crippen LogP contribution < -0.4 is 10.6 Å². The first kappa shape index (κ1) is 9.32. The summed E-state index contributed by atoms with van der Waals surface area (Å²) < 4.78 is 5.02. The summed E-state index contributed by atoms with van der Waals surface area (Å²) in [7, 11) is 0. The van der Waals surface area contributed by atoms with Crippen LogP contribution in [0.4, 0.5) is 4.79 Å². The number of rotatable bonds is 4. The summed E-state index contributed by atoms with van der Waals surface area (Å²) in [5.74, 6) is 0. The average molecular weight is 172 g/mol. The molecule has 2 N–H and O–H groups in total. The van der Waals surface area contributed by atoms with E-state index in [2.05, 4.69) is 17.6 Å². The van der Waals surface area contributed by atoms with Crippen molar-refractivity contribution < 1.29 is 9.53 Å². The van der Waals surface area contributed by atoms with Gasteiger partial charge in [0, 0.05) is 19.6 Å². The van der Waals surface area contributed by atoms with Crippen LogP contribution in [0.15, 0.2) is 0 Å². The molecule has 1 aliphatic rings. The molecule has 1 fully saturated rings. The van der Waals surface area contributed by atoms with E-state index in [1.165, 1.54) is 0 Å². The van der Waals surface area contributed by atoms with Gasteiger partial charge in [-0.1, -0.05) is 13.3 Å². The maximum Gasteiger partial charge on any atom is 0.407 e. The lowest BCUT2D eigenvalue weighted by atomic mass is 10.2. The lowest BCUT2D eigenvalue weighted by Gasteiger charge is -2.26. The van der Waals surface area contributed by atoms with E-state index in [1.54, 1.807) is 0 Å². The molecule has 1 heterocycles. The van der Waals surface area contributed by atoms with Crippen molar-refractivity contribution >= 4 is 6.09 Å². The number of unbranched alkanes of at least 4 members (excludes halogenated alkanes) is 1. The molecule has 0 aromatic heterocycles. The molecule has 0 aliphatic carbocycles. The van der Waals surface area contributed by atoms with Gasteiger partial charge in [0.25, 0.3) is 0 Å². The van der Waals surface area contributed by atoms with E-state index in [-0.39, 0.29) is 12.2 Å². The fourth-order valence-electron chi connectivity index (χ4n) is 0.906. The summed E-state index contributed by atoms with van der Waals surface area (Å²) in [5.41, 5.74) is 0. The highest BCUT2D eigenvalue weighted by molar-refractivity contribution is 5.67. The number of carbonyl (C=O) groups excluding carboxylic acids is 1. The zero-order valence-corrected chi connectivity index (χ0v) is 7.43. The van der Waals surface area contributed by atoms with Crippen LogP contribution >= 0.6 is 0 Å². The molecule has 0 aromatic carbocycles. The molecule has 0 atom stereocenters. The van der Waals surface area contributed by atoms with Gasteiger partial charge in [0.05, 0.1) is 0 Å². The number of ether oxygens (including phenoxy) is 1. The van der Waals surface area contributed by atoms with E-state index in [0.717, 1.165) is 32.5 Å². The van der Waals surface area contributed by atoms with Crippen LogP contribution in [0.3, 0.4) is 0 Å². The van der Waals surface area contributed by atoms with Crippen molar-refractivity contribution in [1.29, 1.82) is 0 Å². The second-order valence-electron chi connectivity index (χ2n) is 2.97. The van der Waals surface area contributed by atoms with Crippen LogP contribution in [0, 0.1) is 0 Å². The minimum absolute atomic E-state index is 0.0895. The first-order valence-electron chi connectivity index (χ1n) is 4.48. The van der Waals surface area contributed by atoms with Gasteiger partial charge in [0.1, 0.15) is 6.10 Å². The Kier molecular flexibility index (Phi) is 3.87. The molecular formula is C8H16N2O2. The van der Waals surface area contributed by atoms with Crippen LogP contribution in [0.5, 0.6) is 0 Å². The zero-order chi connectivity index (χ0) is 8.81. The highest BCUT2D eigenvalue weighted by Gasteiger charge is 2.20. The first-order chi connectivity index (χ1) is 5.83. The third kappa shape index (κ3) is 3.09. The van der Waals surface area contributed by atoms with Crippen molar-refractivity contribution in [2.24, 2.45) is 0 Å². The number of hydrogen-bond acceptors (Lipinski definition) is 3. The van der Waals surface area contributed by atoms with Crippen molar-refractivity contribution in [3.05, 3.63) is 0 Å². The van der Waals surface area contributed by atoms with Crippen molar-refractivity contribution in [3.8, 4) is 0 Å². The van der Waals surface area contributed by atoms with Gasteiger partial charge >= 0.3 is 6.09 Å². The number of carbonyl (C=O) groups is 1. The topological polar surface area (TPSA) is 50.4 Å². The molecule has 1 aliphatic heterocycles. The van der Waals surface area contributed by atoms with E-state index in [0.29, 0.717) is 0 Å². The number of hydrogen-bond donors (Lipinski definition) is 2. The molecule has 1 saturated heterocycles. The SMILES string of the molecule is CCCCNC(=O)OC1CNC1. The summed E-state index contributed by atoms with van der Waals surface area (Å²) in [6.07, 6.45) is 1.91. The lowest BCUT2D eigenvalue weighted by molar-refractivity contribution is 0.0671. The van der Waals surface area contributed by atoms with Gasteiger partial charge < -0.3 is 15.4 Å². The van der Waals surface area contributed by atoms with Gasteiger partial charge in [-0.2, -0.15) is 0 Å². The summed E-state index contributed by atoms with van der Waals surface area (Å²) in [6, 6.07) is 0. The Balaban J connectivity index is 1.95. The third-order valence-electron chi connectivity index (χ3n) is 1.82. The van der Waals surface area contributed by atoms with E-state index in [4.69, 9.17) is 4.74 Å². The molecule has 0 aromatic rings. The Hall–Kier alpha value is -0.770. The van der Waals surface area contributed by atoms with Crippen LogP contribution in [0.25, 0.3) is 0 Å². The fraction of sp³-hybridized carbons (Fsp3) is 0.875. The molecule has 0 bridgehead atoms. The van der Waals surface area contributed by atoms with Gasteiger partial charge in [0.2, 0.25) is 0 Å². The smallest absolute Gasteiger partial charge is 0.407 e. The van der Waals surface area contributed by atoms with Crippen LogP contribution in [-0.4, -0.2) is 31.8 Å². The predicted molar refractivity (Wildman–Crippen MR) is 46.0 cm³/mol. The third-order valence-corrected chi connectivity index (χ3v) is 1.82. The van der Waals surface area contributed by atoms with Crippen molar-refractivity contribution in [3.63, 3.8) is 0 Å². The van der Waals surface area contributed by atoms with Crippen LogP contribution in [0.1, 0.15) is 19.8 Å². The molecule has 70 valence electrons. The van der Waals surface area contributed by atoms with Crippen molar-refractivity contribution in [2.75, 3.05) is 19.6 Å². The summed E-state index contributed by atoms with van der Waals surface area (Å²) >= 11 is 0. The van der Waals surface area contributed by atoms with Gasteiger partial charge in [-0.25, -0.2) is 4.79 Å². The largest absolute Gasteiger partial charge is 0.444 e. The molecule has 1 rings (SSSR count). The molecule has 1 amide bonds. The van der Waals surface area contributed by atoms with Gasteiger partial charge in [0.15, 0.2) is 0 Å².